The summed E-state index contributed by atoms with van der Waals surface area (Å²) in [4.78, 5) is 0.444. The minimum atomic E-state index is -3.61. The highest BCUT2D eigenvalue weighted by atomic mass is 32.2. The van der Waals surface area contributed by atoms with Crippen LogP contribution in [-0.4, -0.2) is 33.0 Å². The number of hydrogen-bond donors (Lipinski definition) is 0. The molecule has 2 aromatic rings. The van der Waals surface area contributed by atoms with E-state index in [9.17, 15) is 8.42 Å². The molecule has 1 heterocycles. The van der Waals surface area contributed by atoms with Crippen LogP contribution < -0.4 is 0 Å². The molecule has 0 aliphatic carbocycles. The molecule has 0 saturated carbocycles. The summed E-state index contributed by atoms with van der Waals surface area (Å²) >= 11 is 1.57. The van der Waals surface area contributed by atoms with Crippen molar-refractivity contribution in [3.63, 3.8) is 0 Å². The first-order chi connectivity index (χ1) is 11.7. The Balaban J connectivity index is 2.57. The monoisotopic (exact) mass is 381 g/mol. The second kappa shape index (κ2) is 7.99. The van der Waals surface area contributed by atoms with E-state index in [1.165, 1.54) is 4.31 Å². The van der Waals surface area contributed by atoms with Crippen molar-refractivity contribution in [3.8, 4) is 0 Å². The largest absolute Gasteiger partial charge is 0.383 e. The second-order valence-electron chi connectivity index (χ2n) is 6.42. The van der Waals surface area contributed by atoms with Gasteiger partial charge in [-0.1, -0.05) is 0 Å². The van der Waals surface area contributed by atoms with Crippen LogP contribution in [0.1, 0.15) is 33.4 Å². The molecule has 1 aromatic heterocycles. The molecule has 0 bridgehead atoms. The molecule has 0 amide bonds. The summed E-state index contributed by atoms with van der Waals surface area (Å²) in [6.45, 7) is 10.9. The lowest BCUT2D eigenvalue weighted by Crippen LogP contribution is -2.34. The number of sulfonamides is 1. The molecular formula is C19H27NO3S2. The van der Waals surface area contributed by atoms with Crippen LogP contribution in [0.25, 0.3) is 0 Å². The molecule has 138 valence electrons. The highest BCUT2D eigenvalue weighted by Crippen LogP contribution is 2.32. The van der Waals surface area contributed by atoms with Crippen LogP contribution in [0, 0.1) is 34.6 Å². The van der Waals surface area contributed by atoms with Gasteiger partial charge in [0.15, 0.2) is 0 Å². The molecule has 0 N–H and O–H groups in total. The summed E-state index contributed by atoms with van der Waals surface area (Å²) in [6, 6.07) is 1.96. The van der Waals surface area contributed by atoms with Gasteiger partial charge in [-0.25, -0.2) is 8.42 Å². The van der Waals surface area contributed by atoms with Gasteiger partial charge in [0.1, 0.15) is 0 Å². The number of rotatable bonds is 7. The van der Waals surface area contributed by atoms with Crippen LogP contribution in [0.4, 0.5) is 0 Å². The summed E-state index contributed by atoms with van der Waals surface area (Å²) in [5.41, 5.74) is 5.94. The first kappa shape index (κ1) is 20.1. The minimum absolute atomic E-state index is 0.333. The van der Waals surface area contributed by atoms with Gasteiger partial charge in [0, 0.05) is 20.2 Å². The molecule has 0 spiro atoms. The third kappa shape index (κ3) is 3.97. The van der Waals surface area contributed by atoms with E-state index in [2.05, 4.69) is 6.92 Å². The Morgan fingerprint density at radius 2 is 1.56 bits per heavy atom. The first-order valence-electron chi connectivity index (χ1n) is 8.29. The van der Waals surface area contributed by atoms with E-state index < -0.39 is 10.0 Å². The van der Waals surface area contributed by atoms with Gasteiger partial charge < -0.3 is 4.74 Å². The lowest BCUT2D eigenvalue weighted by Gasteiger charge is -2.26. The number of ether oxygens (including phenoxy) is 1. The van der Waals surface area contributed by atoms with Crippen molar-refractivity contribution in [2.75, 3.05) is 20.3 Å². The highest BCUT2D eigenvalue weighted by Gasteiger charge is 2.30. The lowest BCUT2D eigenvalue weighted by molar-refractivity contribution is 0.177. The third-order valence-electron chi connectivity index (χ3n) is 5.01. The molecule has 0 saturated heterocycles. The van der Waals surface area contributed by atoms with Crippen molar-refractivity contribution in [1.82, 2.24) is 4.31 Å². The Morgan fingerprint density at radius 3 is 2.04 bits per heavy atom. The normalized spacial score (nSPS) is 12.1. The molecule has 0 fully saturated rings. The van der Waals surface area contributed by atoms with Gasteiger partial charge in [-0.15, -0.1) is 0 Å². The molecular weight excluding hydrogens is 354 g/mol. The Bertz CT molecular complexity index is 811. The van der Waals surface area contributed by atoms with Crippen molar-refractivity contribution in [2.45, 2.75) is 46.1 Å². The predicted octanol–water partition coefficient (Wildman–Crippen LogP) is 4.13. The maximum absolute atomic E-state index is 13.5. The van der Waals surface area contributed by atoms with Crippen molar-refractivity contribution >= 4 is 21.4 Å². The summed E-state index contributed by atoms with van der Waals surface area (Å²) < 4.78 is 33.7. The molecule has 0 aliphatic heterocycles. The fraction of sp³-hybridized carbons (Fsp3) is 0.474. The van der Waals surface area contributed by atoms with Crippen LogP contribution in [0.3, 0.4) is 0 Å². The number of benzene rings is 1. The molecule has 4 nitrogen and oxygen atoms in total. The standard InChI is InChI=1S/C19H27NO3S2/c1-13-14(2)16(4)19(17(5)15(13)3)25(21,22)20(8-9-23-6)11-18-7-10-24-12-18/h7,10,12H,8-9,11H2,1-6H3. The average Bonchev–Trinajstić information content (AvgIpc) is 3.08. The number of thiophene rings is 1. The van der Waals surface area contributed by atoms with Gasteiger partial charge in [0.2, 0.25) is 10.0 Å². The molecule has 0 radical (unpaired) electrons. The van der Waals surface area contributed by atoms with Crippen LogP contribution >= 0.6 is 11.3 Å². The van der Waals surface area contributed by atoms with E-state index >= 15 is 0 Å². The second-order valence-corrected chi connectivity index (χ2v) is 9.07. The molecule has 0 atom stereocenters. The van der Waals surface area contributed by atoms with Gasteiger partial charge in [-0.3, -0.25) is 0 Å². The van der Waals surface area contributed by atoms with Crippen molar-refractivity contribution in [3.05, 3.63) is 50.2 Å². The van der Waals surface area contributed by atoms with Crippen LogP contribution in [0.15, 0.2) is 21.7 Å². The highest BCUT2D eigenvalue weighted by molar-refractivity contribution is 7.89. The van der Waals surface area contributed by atoms with Crippen molar-refractivity contribution < 1.29 is 13.2 Å². The fourth-order valence-corrected chi connectivity index (χ4v) is 5.68. The van der Waals surface area contributed by atoms with Gasteiger partial charge in [0.05, 0.1) is 11.5 Å². The van der Waals surface area contributed by atoms with E-state index in [0.29, 0.717) is 24.6 Å². The fourth-order valence-electron chi connectivity index (χ4n) is 3.05. The van der Waals surface area contributed by atoms with Gasteiger partial charge in [-0.05, 0) is 84.8 Å². The summed E-state index contributed by atoms with van der Waals surface area (Å²) in [6.07, 6.45) is 0. The van der Waals surface area contributed by atoms with E-state index in [1.54, 1.807) is 18.4 Å². The SMILES string of the molecule is COCCN(Cc1ccsc1)S(=O)(=O)c1c(C)c(C)c(C)c(C)c1C. The number of methoxy groups -OCH3 is 1. The topological polar surface area (TPSA) is 46.6 Å². The smallest absolute Gasteiger partial charge is 0.244 e. The molecule has 25 heavy (non-hydrogen) atoms. The molecule has 0 aliphatic rings. The zero-order chi connectivity index (χ0) is 18.8. The van der Waals surface area contributed by atoms with Gasteiger partial charge in [0.25, 0.3) is 0 Å². The van der Waals surface area contributed by atoms with E-state index in [-0.39, 0.29) is 0 Å². The van der Waals surface area contributed by atoms with Crippen LogP contribution in [0.2, 0.25) is 0 Å². The van der Waals surface area contributed by atoms with Crippen molar-refractivity contribution in [2.24, 2.45) is 0 Å². The summed E-state index contributed by atoms with van der Waals surface area (Å²) in [5, 5.41) is 3.95. The Morgan fingerprint density at radius 1 is 1.00 bits per heavy atom. The Kier molecular flexibility index (Phi) is 6.43. The first-order valence-corrected chi connectivity index (χ1v) is 10.7. The Hall–Kier alpha value is -1.21. The van der Waals surface area contributed by atoms with Gasteiger partial charge in [-0.2, -0.15) is 15.6 Å². The van der Waals surface area contributed by atoms with Gasteiger partial charge >= 0.3 is 0 Å². The van der Waals surface area contributed by atoms with Crippen LogP contribution in [-0.2, 0) is 21.3 Å². The molecule has 0 unspecified atom stereocenters. The van der Waals surface area contributed by atoms with Crippen LogP contribution in [0.5, 0.6) is 0 Å². The maximum Gasteiger partial charge on any atom is 0.244 e. The lowest BCUT2D eigenvalue weighted by atomic mass is 9.95. The number of hydrogen-bond acceptors (Lipinski definition) is 4. The minimum Gasteiger partial charge on any atom is -0.383 e. The zero-order valence-corrected chi connectivity index (χ0v) is 17.5. The predicted molar refractivity (Wildman–Crippen MR) is 104 cm³/mol. The molecule has 6 heteroatoms. The average molecular weight is 382 g/mol. The summed E-state index contributed by atoms with van der Waals surface area (Å²) in [7, 11) is -2.03. The van der Waals surface area contributed by atoms with E-state index in [0.717, 1.165) is 33.4 Å². The zero-order valence-electron chi connectivity index (χ0n) is 15.8. The quantitative estimate of drug-likeness (QED) is 0.724. The number of nitrogens with zero attached hydrogens (tertiary/aromatic N) is 1. The van der Waals surface area contributed by atoms with Crippen molar-refractivity contribution in [1.29, 1.82) is 0 Å². The van der Waals surface area contributed by atoms with E-state index in [1.807, 2.05) is 44.5 Å². The third-order valence-corrected chi connectivity index (χ3v) is 7.86. The maximum atomic E-state index is 13.5. The van der Waals surface area contributed by atoms with E-state index in [4.69, 9.17) is 4.74 Å². The molecule has 2 rings (SSSR count). The Labute approximate surface area is 155 Å². The molecule has 1 aromatic carbocycles. The summed E-state index contributed by atoms with van der Waals surface area (Å²) in [5.74, 6) is 0.